The van der Waals surface area contributed by atoms with Crippen molar-refractivity contribution in [3.05, 3.63) is 75.8 Å². The number of aryl methyl sites for hydroxylation is 1. The lowest BCUT2D eigenvalue weighted by Crippen LogP contribution is -2.29. The van der Waals surface area contributed by atoms with Gasteiger partial charge in [-0.15, -0.1) is 21.8 Å². The molecule has 0 bridgehead atoms. The first-order valence-electron chi connectivity index (χ1n) is 9.10. The Bertz CT molecular complexity index is 1210. The number of hydrogen-bond donors (Lipinski definition) is 0. The summed E-state index contributed by atoms with van der Waals surface area (Å²) in [5, 5.41) is 8.43. The van der Waals surface area contributed by atoms with Gasteiger partial charge in [-0.05, 0) is 25.1 Å². The molecule has 2 aromatic carbocycles. The second-order valence-electron chi connectivity index (χ2n) is 6.59. The van der Waals surface area contributed by atoms with Crippen molar-refractivity contribution in [2.45, 2.75) is 13.0 Å². The van der Waals surface area contributed by atoms with Gasteiger partial charge in [0.2, 0.25) is 10.9 Å². The minimum Gasteiger partial charge on any atom is -0.449 e. The highest BCUT2D eigenvalue weighted by molar-refractivity contribution is 7.15. The largest absolute Gasteiger partial charge is 0.449 e. The molecule has 0 saturated heterocycles. The topological polar surface area (TPSA) is 107 Å². The Kier molecular flexibility index (Phi) is 5.62. The molecule has 8 nitrogen and oxygen atoms in total. The molecule has 4 rings (SSSR count). The molecule has 1 aliphatic rings. The summed E-state index contributed by atoms with van der Waals surface area (Å²) < 4.78 is 5.29. The molecule has 156 valence electrons. The Hall–Kier alpha value is -3.43. The van der Waals surface area contributed by atoms with Gasteiger partial charge < -0.3 is 4.74 Å². The van der Waals surface area contributed by atoms with Crippen molar-refractivity contribution in [2.24, 2.45) is 0 Å². The number of carbonyl (C=O) groups is 4. The van der Waals surface area contributed by atoms with Gasteiger partial charge in [0.05, 0.1) is 22.6 Å². The molecule has 0 N–H and O–H groups in total. The van der Waals surface area contributed by atoms with Gasteiger partial charge in [0.25, 0.3) is 11.8 Å². The van der Waals surface area contributed by atoms with Crippen LogP contribution in [0.5, 0.6) is 0 Å². The zero-order valence-electron chi connectivity index (χ0n) is 16.1. The normalized spacial score (nSPS) is 13.8. The van der Waals surface area contributed by atoms with Gasteiger partial charge in [0.15, 0.2) is 6.10 Å². The number of rotatable bonds is 6. The van der Waals surface area contributed by atoms with Crippen molar-refractivity contribution in [1.29, 1.82) is 0 Å². The summed E-state index contributed by atoms with van der Waals surface area (Å²) in [6.45, 7) is 1.71. The quantitative estimate of drug-likeness (QED) is 0.243. The highest BCUT2D eigenvalue weighted by Gasteiger charge is 2.39. The van der Waals surface area contributed by atoms with Crippen LogP contribution < -0.4 is 4.90 Å². The molecule has 2 amide bonds. The third-order valence-corrected chi connectivity index (χ3v) is 5.67. The monoisotopic (exact) mass is 455 g/mol. The number of imide groups is 1. The number of anilines is 1. The van der Waals surface area contributed by atoms with Crippen LogP contribution in [0.1, 0.15) is 46.4 Å². The molecule has 1 aliphatic heterocycles. The smallest absolute Gasteiger partial charge is 0.338 e. The molecule has 10 heteroatoms. The van der Waals surface area contributed by atoms with Gasteiger partial charge in [0.1, 0.15) is 5.01 Å². The van der Waals surface area contributed by atoms with Crippen LogP contribution in [0.3, 0.4) is 0 Å². The second kappa shape index (κ2) is 8.37. The lowest BCUT2D eigenvalue weighted by Gasteiger charge is -2.14. The fraction of sp³-hybridized carbons (Fsp3) is 0.143. The maximum atomic E-state index is 12.8. The lowest BCUT2D eigenvalue weighted by atomic mass is 10.1. The van der Waals surface area contributed by atoms with Crippen molar-refractivity contribution in [3.63, 3.8) is 0 Å². The van der Waals surface area contributed by atoms with Crippen LogP contribution in [-0.4, -0.2) is 45.7 Å². The zero-order valence-corrected chi connectivity index (χ0v) is 17.6. The van der Waals surface area contributed by atoms with Crippen LogP contribution in [0.4, 0.5) is 5.13 Å². The number of ketones is 1. The molecule has 0 saturated carbocycles. The standard InChI is InChI=1S/C21H14ClN3O5S/c1-11-23-24-21(31-11)25-18(27)14-8-7-13(9-15(14)19(25)28)20(29)30-16(10-22)17(26)12-5-3-2-4-6-12/h2-9,16H,10H2,1H3/t16-/m1/s1. The highest BCUT2D eigenvalue weighted by Crippen LogP contribution is 2.31. The number of amides is 2. The number of hydrogen-bond acceptors (Lipinski definition) is 8. The number of Topliss-reactive ketones (excluding diaryl/α,β-unsaturated/α-hetero) is 1. The number of nitrogens with zero attached hydrogens (tertiary/aromatic N) is 3. The number of benzene rings is 2. The number of carbonyl (C=O) groups excluding carboxylic acids is 4. The predicted octanol–water partition coefficient (Wildman–Crippen LogP) is 3.29. The van der Waals surface area contributed by atoms with Crippen LogP contribution >= 0.6 is 22.9 Å². The zero-order chi connectivity index (χ0) is 22.1. The molecule has 0 radical (unpaired) electrons. The third kappa shape index (κ3) is 3.85. The van der Waals surface area contributed by atoms with Crippen LogP contribution in [-0.2, 0) is 4.74 Å². The summed E-state index contributed by atoms with van der Waals surface area (Å²) >= 11 is 6.96. The van der Waals surface area contributed by atoms with E-state index in [2.05, 4.69) is 10.2 Å². The minimum atomic E-state index is -1.19. The molecule has 2 heterocycles. The number of fused-ring (bicyclic) bond motifs is 1. The van der Waals surface area contributed by atoms with E-state index < -0.39 is 29.7 Å². The van der Waals surface area contributed by atoms with E-state index >= 15 is 0 Å². The summed E-state index contributed by atoms with van der Waals surface area (Å²) in [5.74, 6) is -2.65. The van der Waals surface area contributed by atoms with Crippen molar-refractivity contribution < 1.29 is 23.9 Å². The average Bonchev–Trinajstić information content (AvgIpc) is 3.32. The molecule has 31 heavy (non-hydrogen) atoms. The Morgan fingerprint density at radius 3 is 2.39 bits per heavy atom. The molecule has 0 fully saturated rings. The number of halogens is 1. The molecule has 0 spiro atoms. The maximum absolute atomic E-state index is 12.8. The molecule has 0 unspecified atom stereocenters. The molecule has 3 aromatic rings. The molecular weight excluding hydrogens is 442 g/mol. The van der Waals surface area contributed by atoms with Crippen LogP contribution in [0.25, 0.3) is 0 Å². The third-order valence-electron chi connectivity index (χ3n) is 4.57. The molecular formula is C21H14ClN3O5S. The van der Waals surface area contributed by atoms with Gasteiger partial charge in [-0.1, -0.05) is 41.7 Å². The van der Waals surface area contributed by atoms with E-state index in [1.54, 1.807) is 37.3 Å². The SMILES string of the molecule is Cc1nnc(N2C(=O)c3ccc(C(=O)O[C@H](CCl)C(=O)c4ccccc4)cc3C2=O)s1. The van der Waals surface area contributed by atoms with E-state index in [1.807, 2.05) is 0 Å². The Balaban J connectivity index is 1.56. The minimum absolute atomic E-state index is 0.0196. The van der Waals surface area contributed by atoms with Gasteiger partial charge in [-0.3, -0.25) is 14.4 Å². The average molecular weight is 456 g/mol. The van der Waals surface area contributed by atoms with E-state index in [0.717, 1.165) is 16.2 Å². The van der Waals surface area contributed by atoms with Gasteiger partial charge in [-0.2, -0.15) is 0 Å². The van der Waals surface area contributed by atoms with E-state index in [1.165, 1.54) is 18.2 Å². The van der Waals surface area contributed by atoms with Gasteiger partial charge in [0, 0.05) is 5.56 Å². The highest BCUT2D eigenvalue weighted by atomic mass is 35.5. The molecule has 0 aliphatic carbocycles. The first-order chi connectivity index (χ1) is 14.9. The Morgan fingerprint density at radius 2 is 1.74 bits per heavy atom. The second-order valence-corrected chi connectivity index (χ2v) is 8.06. The van der Waals surface area contributed by atoms with Crippen molar-refractivity contribution >= 4 is 51.6 Å². The molecule has 1 atom stereocenters. The maximum Gasteiger partial charge on any atom is 0.338 e. The summed E-state index contributed by atoms with van der Waals surface area (Å²) in [7, 11) is 0. The van der Waals surface area contributed by atoms with E-state index in [4.69, 9.17) is 16.3 Å². The first-order valence-corrected chi connectivity index (χ1v) is 10.4. The number of esters is 1. The summed E-state index contributed by atoms with van der Waals surface area (Å²) in [5.41, 5.74) is 0.567. The van der Waals surface area contributed by atoms with Crippen molar-refractivity contribution in [1.82, 2.24) is 10.2 Å². The Morgan fingerprint density at radius 1 is 1.03 bits per heavy atom. The fourth-order valence-corrected chi connectivity index (χ4v) is 3.95. The predicted molar refractivity (Wildman–Crippen MR) is 113 cm³/mol. The Labute approximate surface area is 185 Å². The van der Waals surface area contributed by atoms with Crippen molar-refractivity contribution in [2.75, 3.05) is 10.8 Å². The van der Waals surface area contributed by atoms with E-state index in [-0.39, 0.29) is 27.7 Å². The van der Waals surface area contributed by atoms with Gasteiger partial charge >= 0.3 is 5.97 Å². The lowest BCUT2D eigenvalue weighted by molar-refractivity contribution is 0.0324. The first kappa shape index (κ1) is 20.8. The van der Waals surface area contributed by atoms with E-state index in [9.17, 15) is 19.2 Å². The summed E-state index contributed by atoms with van der Waals surface area (Å²) in [6, 6.07) is 12.3. The van der Waals surface area contributed by atoms with Crippen molar-refractivity contribution in [3.8, 4) is 0 Å². The summed E-state index contributed by atoms with van der Waals surface area (Å²) in [4.78, 5) is 51.5. The van der Waals surface area contributed by atoms with Crippen LogP contribution in [0.15, 0.2) is 48.5 Å². The molecule has 1 aromatic heterocycles. The number of aromatic nitrogens is 2. The van der Waals surface area contributed by atoms with Crippen LogP contribution in [0, 0.1) is 6.92 Å². The summed E-state index contributed by atoms with van der Waals surface area (Å²) in [6.07, 6.45) is -1.19. The van der Waals surface area contributed by atoms with E-state index in [0.29, 0.717) is 10.6 Å². The number of alkyl halides is 1. The van der Waals surface area contributed by atoms with Gasteiger partial charge in [-0.25, -0.2) is 9.69 Å². The van der Waals surface area contributed by atoms with Crippen LogP contribution in [0.2, 0.25) is 0 Å². The fourth-order valence-electron chi connectivity index (χ4n) is 3.06. The number of ether oxygens (including phenoxy) is 1.